The Labute approximate surface area is 221 Å². The molecule has 0 aliphatic carbocycles. The van der Waals surface area contributed by atoms with E-state index < -0.39 is 24.3 Å². The van der Waals surface area contributed by atoms with Gasteiger partial charge < -0.3 is 29.2 Å². The SMILES string of the molecule is C=C1CCC[C@@H]2CC=C[C@@H](C/C=C\C(=O)O[C@H]([C@@H](O)/C=C/C3CC(C)(C)CCO3)C[C@@H]3O[C@H]3[C@@H](O)C1)O2. The molecule has 2 saturated heterocycles. The molecule has 2 bridgehead atoms. The first kappa shape index (κ1) is 28.2. The summed E-state index contributed by atoms with van der Waals surface area (Å²) in [4.78, 5) is 12.7. The maximum atomic E-state index is 12.7. The van der Waals surface area contributed by atoms with E-state index in [1.807, 2.05) is 12.2 Å². The Morgan fingerprint density at radius 1 is 1.22 bits per heavy atom. The smallest absolute Gasteiger partial charge is 0.330 e. The quantitative estimate of drug-likeness (QED) is 0.327. The Kier molecular flexibility index (Phi) is 9.81. The maximum absolute atomic E-state index is 12.7. The van der Waals surface area contributed by atoms with Crippen LogP contribution in [0.4, 0.5) is 0 Å². The van der Waals surface area contributed by atoms with Gasteiger partial charge in [-0.25, -0.2) is 4.79 Å². The molecule has 0 spiro atoms. The molecule has 0 radical (unpaired) electrons. The van der Waals surface area contributed by atoms with Crippen LogP contribution < -0.4 is 0 Å². The minimum atomic E-state index is -1.01. The largest absolute Gasteiger partial charge is 0.456 e. The summed E-state index contributed by atoms with van der Waals surface area (Å²) in [6.45, 7) is 9.26. The van der Waals surface area contributed by atoms with Gasteiger partial charge in [-0.2, -0.15) is 0 Å². The van der Waals surface area contributed by atoms with E-state index in [0.717, 1.165) is 44.1 Å². The monoisotopic (exact) mass is 516 g/mol. The van der Waals surface area contributed by atoms with Crippen LogP contribution in [0.1, 0.15) is 71.6 Å². The van der Waals surface area contributed by atoms with Gasteiger partial charge in [-0.1, -0.05) is 56.4 Å². The van der Waals surface area contributed by atoms with E-state index in [0.29, 0.717) is 25.9 Å². The fourth-order valence-electron chi connectivity index (χ4n) is 5.48. The number of aliphatic hydroxyl groups is 2. The van der Waals surface area contributed by atoms with E-state index in [-0.39, 0.29) is 35.9 Å². The number of rotatable bonds is 3. The van der Waals surface area contributed by atoms with E-state index in [1.54, 1.807) is 12.2 Å². The highest BCUT2D eigenvalue weighted by atomic mass is 16.6. The molecule has 0 amide bonds. The van der Waals surface area contributed by atoms with Crippen molar-refractivity contribution >= 4 is 5.97 Å². The fraction of sp³-hybridized carbons (Fsp3) is 0.700. The van der Waals surface area contributed by atoms with Crippen molar-refractivity contribution in [1.29, 1.82) is 0 Å². The van der Waals surface area contributed by atoms with E-state index in [4.69, 9.17) is 18.9 Å². The Balaban J connectivity index is 1.43. The van der Waals surface area contributed by atoms with E-state index in [2.05, 4.69) is 26.5 Å². The number of carbonyl (C=O) groups excluding carboxylic acids is 1. The lowest BCUT2D eigenvalue weighted by molar-refractivity contribution is -0.148. The first-order valence-corrected chi connectivity index (χ1v) is 13.9. The minimum Gasteiger partial charge on any atom is -0.456 e. The number of fused-ring (bicyclic) bond motifs is 3. The maximum Gasteiger partial charge on any atom is 0.330 e. The molecule has 0 aromatic carbocycles. The van der Waals surface area contributed by atoms with Gasteiger partial charge in [0.2, 0.25) is 0 Å². The summed E-state index contributed by atoms with van der Waals surface area (Å²) in [5.74, 6) is -0.518. The van der Waals surface area contributed by atoms with Crippen LogP contribution in [-0.2, 0) is 23.7 Å². The molecular weight excluding hydrogens is 472 g/mol. The second-order valence-corrected chi connectivity index (χ2v) is 11.8. The number of esters is 1. The summed E-state index contributed by atoms with van der Waals surface area (Å²) in [5.41, 5.74) is 1.18. The fourth-order valence-corrected chi connectivity index (χ4v) is 5.48. The highest BCUT2D eigenvalue weighted by Gasteiger charge is 2.46. The van der Waals surface area contributed by atoms with Gasteiger partial charge in [-0.15, -0.1) is 0 Å². The lowest BCUT2D eigenvalue weighted by atomic mass is 9.82. The van der Waals surface area contributed by atoms with Crippen LogP contribution in [0, 0.1) is 5.41 Å². The van der Waals surface area contributed by atoms with Gasteiger partial charge in [0.15, 0.2) is 0 Å². The topological polar surface area (TPSA) is 97.8 Å². The van der Waals surface area contributed by atoms with Crippen LogP contribution in [0.3, 0.4) is 0 Å². The number of epoxide rings is 1. The zero-order valence-electron chi connectivity index (χ0n) is 22.3. The zero-order chi connectivity index (χ0) is 26.4. The average Bonchev–Trinajstić information content (AvgIpc) is 3.61. The first-order valence-electron chi connectivity index (χ1n) is 13.9. The van der Waals surface area contributed by atoms with Crippen molar-refractivity contribution in [3.05, 3.63) is 48.6 Å². The predicted molar refractivity (Wildman–Crippen MR) is 141 cm³/mol. The molecule has 206 valence electrons. The van der Waals surface area contributed by atoms with Crippen molar-refractivity contribution in [2.75, 3.05) is 6.61 Å². The molecule has 4 rings (SSSR count). The van der Waals surface area contributed by atoms with Gasteiger partial charge in [0, 0.05) is 19.1 Å². The molecule has 1 unspecified atom stereocenters. The van der Waals surface area contributed by atoms with Crippen molar-refractivity contribution in [1.82, 2.24) is 0 Å². The van der Waals surface area contributed by atoms with Crippen LogP contribution in [0.25, 0.3) is 0 Å². The zero-order valence-corrected chi connectivity index (χ0v) is 22.3. The lowest BCUT2D eigenvalue weighted by Gasteiger charge is -2.34. The molecule has 4 aliphatic rings. The van der Waals surface area contributed by atoms with Crippen LogP contribution in [0.5, 0.6) is 0 Å². The molecule has 37 heavy (non-hydrogen) atoms. The molecule has 8 atom stereocenters. The summed E-state index contributed by atoms with van der Waals surface area (Å²) < 4.78 is 23.4. The Hall–Kier alpha value is -1.77. The van der Waals surface area contributed by atoms with Crippen molar-refractivity contribution in [2.24, 2.45) is 5.41 Å². The number of hydrogen-bond donors (Lipinski definition) is 2. The Morgan fingerprint density at radius 3 is 2.86 bits per heavy atom. The van der Waals surface area contributed by atoms with Crippen molar-refractivity contribution in [3.8, 4) is 0 Å². The lowest BCUT2D eigenvalue weighted by Crippen LogP contribution is -2.33. The Bertz CT molecular complexity index is 875. The molecule has 7 nitrogen and oxygen atoms in total. The van der Waals surface area contributed by atoms with Gasteiger partial charge in [0.25, 0.3) is 0 Å². The first-order chi connectivity index (χ1) is 17.7. The molecule has 2 N–H and O–H groups in total. The molecule has 0 aromatic heterocycles. The van der Waals surface area contributed by atoms with Gasteiger partial charge in [-0.3, -0.25) is 0 Å². The van der Waals surface area contributed by atoms with E-state index in [9.17, 15) is 15.0 Å². The van der Waals surface area contributed by atoms with Gasteiger partial charge in [-0.05, 0) is 56.8 Å². The Morgan fingerprint density at radius 2 is 2.05 bits per heavy atom. The molecule has 0 saturated carbocycles. The van der Waals surface area contributed by atoms with Crippen molar-refractivity contribution < 1.29 is 34.0 Å². The number of ether oxygens (including phenoxy) is 4. The number of aliphatic hydroxyl groups excluding tert-OH is 2. The molecule has 2 fully saturated rings. The van der Waals surface area contributed by atoms with Crippen LogP contribution >= 0.6 is 0 Å². The summed E-state index contributed by atoms with van der Waals surface area (Å²) in [6, 6.07) is 0. The summed E-state index contributed by atoms with van der Waals surface area (Å²) >= 11 is 0. The molecule has 4 aliphatic heterocycles. The molecule has 0 aromatic rings. The number of hydrogen-bond acceptors (Lipinski definition) is 7. The molecule has 4 heterocycles. The highest BCUT2D eigenvalue weighted by Crippen LogP contribution is 2.35. The minimum absolute atomic E-state index is 0.0728. The molecule has 7 heteroatoms. The second-order valence-electron chi connectivity index (χ2n) is 11.8. The summed E-state index contributed by atoms with van der Waals surface area (Å²) in [5, 5.41) is 21.7. The number of cyclic esters (lactones) is 1. The van der Waals surface area contributed by atoms with E-state index in [1.165, 1.54) is 6.08 Å². The standard InChI is InChI=1S/C30H44O7/c1-20-7-4-8-21-9-5-10-22(35-21)11-6-12-28(33)36-26(18-27-29(37-27)25(32)17-20)24(31)14-13-23-19-30(2,3)15-16-34-23/h5-6,10,12-14,21-27,29,31-32H,1,4,7-9,11,15-19H2,2-3H3/b12-6-,14-13+/t21-,22+,23?,24+,25+,26+,27+,29+/m1/s1. The predicted octanol–water partition coefficient (Wildman–Crippen LogP) is 4.33. The summed E-state index contributed by atoms with van der Waals surface area (Å²) in [6.07, 6.45) is 14.6. The normalized spacial score (nSPS) is 39.2. The second kappa shape index (κ2) is 12.9. The van der Waals surface area contributed by atoms with Gasteiger partial charge in [0.1, 0.15) is 18.3 Å². The highest BCUT2D eigenvalue weighted by molar-refractivity contribution is 5.82. The van der Waals surface area contributed by atoms with Crippen LogP contribution in [-0.4, -0.2) is 71.6 Å². The molecular formula is C30H44O7. The van der Waals surface area contributed by atoms with Crippen LogP contribution in [0.15, 0.2) is 48.6 Å². The number of carbonyl (C=O) groups is 1. The third kappa shape index (κ3) is 8.89. The van der Waals surface area contributed by atoms with E-state index >= 15 is 0 Å². The third-order valence-electron chi connectivity index (χ3n) is 7.80. The summed E-state index contributed by atoms with van der Waals surface area (Å²) in [7, 11) is 0. The van der Waals surface area contributed by atoms with Crippen molar-refractivity contribution in [3.63, 3.8) is 0 Å². The van der Waals surface area contributed by atoms with Gasteiger partial charge >= 0.3 is 5.97 Å². The third-order valence-corrected chi connectivity index (χ3v) is 7.80. The average molecular weight is 517 g/mol. The van der Waals surface area contributed by atoms with Crippen molar-refractivity contribution in [2.45, 2.75) is 120 Å². The van der Waals surface area contributed by atoms with Gasteiger partial charge in [0.05, 0.1) is 30.5 Å². The van der Waals surface area contributed by atoms with Crippen LogP contribution in [0.2, 0.25) is 0 Å².